The Hall–Kier alpha value is -1.22. The number of carbonyl (C=O) groups excluding carboxylic acids is 2. The molecule has 0 unspecified atom stereocenters. The lowest BCUT2D eigenvalue weighted by molar-refractivity contribution is -0.322. The Balaban J connectivity index is 1.69. The van der Waals surface area contributed by atoms with Gasteiger partial charge in [0.05, 0.1) is 19.3 Å². The molecule has 3 atom stereocenters. The summed E-state index contributed by atoms with van der Waals surface area (Å²) in [6.45, 7) is 17.1. The quantitative estimate of drug-likeness (QED) is 0.516. The summed E-state index contributed by atoms with van der Waals surface area (Å²) < 4.78 is 12.9. The molecule has 2 amide bonds. The van der Waals surface area contributed by atoms with Crippen molar-refractivity contribution in [3.05, 3.63) is 0 Å². The highest BCUT2D eigenvalue weighted by atomic mass is 16.7. The second-order valence-electron chi connectivity index (χ2n) is 12.7. The molecule has 3 aliphatic rings. The Morgan fingerprint density at radius 3 is 2.33 bits per heavy atom. The first-order valence-electron chi connectivity index (χ1n) is 14.2. The molecular weight excluding hydrogens is 456 g/mol. The zero-order chi connectivity index (χ0) is 26.7. The first kappa shape index (κ1) is 29.3. The normalized spacial score (nSPS) is 32.7. The Morgan fingerprint density at radius 2 is 1.81 bits per heavy atom. The van der Waals surface area contributed by atoms with Crippen molar-refractivity contribution < 1.29 is 19.1 Å². The third-order valence-corrected chi connectivity index (χ3v) is 8.23. The largest absolute Gasteiger partial charge is 0.349 e. The van der Waals surface area contributed by atoms with Crippen LogP contribution in [0.3, 0.4) is 0 Å². The van der Waals surface area contributed by atoms with E-state index in [1.165, 1.54) is 0 Å². The Morgan fingerprint density at radius 1 is 1.14 bits per heavy atom. The van der Waals surface area contributed by atoms with Gasteiger partial charge in [-0.3, -0.25) is 9.59 Å². The van der Waals surface area contributed by atoms with Gasteiger partial charge in [-0.25, -0.2) is 0 Å². The fourth-order valence-corrected chi connectivity index (χ4v) is 6.21. The molecular formula is C28H52N4O4. The van der Waals surface area contributed by atoms with Crippen LogP contribution in [-0.4, -0.2) is 104 Å². The van der Waals surface area contributed by atoms with Crippen molar-refractivity contribution in [3.8, 4) is 0 Å². The van der Waals surface area contributed by atoms with Crippen LogP contribution in [0.4, 0.5) is 0 Å². The van der Waals surface area contributed by atoms with Gasteiger partial charge in [0.15, 0.2) is 5.79 Å². The number of hydrogen-bond donors (Lipinski definition) is 1. The van der Waals surface area contributed by atoms with Gasteiger partial charge in [-0.15, -0.1) is 0 Å². The van der Waals surface area contributed by atoms with Crippen LogP contribution in [0.2, 0.25) is 0 Å². The molecule has 3 saturated heterocycles. The van der Waals surface area contributed by atoms with Crippen LogP contribution >= 0.6 is 0 Å². The smallest absolute Gasteiger partial charge is 0.245 e. The monoisotopic (exact) mass is 508 g/mol. The molecule has 3 heterocycles. The molecule has 3 aliphatic heterocycles. The number of nitrogens with one attached hydrogen (secondary N) is 1. The number of ether oxygens (including phenoxy) is 2. The number of nitrogens with zero attached hydrogens (tertiary/aromatic N) is 3. The first-order chi connectivity index (χ1) is 16.9. The SMILES string of the molecule is CCC1(CN(C)C)COC2(CCN(C(=O)[C@H](CC(C)C)N3CCN[C@@H](CC(C)C)C3=O)[C@@H](C)C2)OC1. The maximum Gasteiger partial charge on any atom is 0.245 e. The van der Waals surface area contributed by atoms with Crippen LogP contribution < -0.4 is 5.32 Å². The molecule has 208 valence electrons. The molecule has 0 aromatic carbocycles. The van der Waals surface area contributed by atoms with Crippen molar-refractivity contribution in [2.24, 2.45) is 17.3 Å². The predicted molar refractivity (Wildman–Crippen MR) is 143 cm³/mol. The maximum absolute atomic E-state index is 14.0. The summed E-state index contributed by atoms with van der Waals surface area (Å²) in [7, 11) is 4.19. The minimum absolute atomic E-state index is 0.00614. The molecule has 1 N–H and O–H groups in total. The van der Waals surface area contributed by atoms with Gasteiger partial charge in [-0.05, 0) is 52.1 Å². The molecule has 0 bridgehead atoms. The van der Waals surface area contributed by atoms with E-state index in [1.54, 1.807) is 0 Å². The molecule has 8 heteroatoms. The molecule has 0 aromatic heterocycles. The fraction of sp³-hybridized carbons (Fsp3) is 0.929. The number of carbonyl (C=O) groups is 2. The maximum atomic E-state index is 14.0. The summed E-state index contributed by atoms with van der Waals surface area (Å²) >= 11 is 0. The Labute approximate surface area is 219 Å². The molecule has 0 aliphatic carbocycles. The minimum Gasteiger partial charge on any atom is -0.349 e. The summed E-state index contributed by atoms with van der Waals surface area (Å²) in [4.78, 5) is 33.5. The van der Waals surface area contributed by atoms with Gasteiger partial charge in [0.25, 0.3) is 0 Å². The predicted octanol–water partition coefficient (Wildman–Crippen LogP) is 2.96. The lowest BCUT2D eigenvalue weighted by atomic mass is 9.84. The van der Waals surface area contributed by atoms with E-state index < -0.39 is 11.8 Å². The highest BCUT2D eigenvalue weighted by Crippen LogP contribution is 2.40. The van der Waals surface area contributed by atoms with Gasteiger partial charge in [0.2, 0.25) is 11.8 Å². The van der Waals surface area contributed by atoms with Crippen LogP contribution in [0.25, 0.3) is 0 Å². The van der Waals surface area contributed by atoms with Crippen molar-refractivity contribution >= 4 is 11.8 Å². The molecule has 0 saturated carbocycles. The number of rotatable bonds is 9. The molecule has 3 fully saturated rings. The Kier molecular flexibility index (Phi) is 9.86. The van der Waals surface area contributed by atoms with Gasteiger partial charge in [-0.1, -0.05) is 34.6 Å². The fourth-order valence-electron chi connectivity index (χ4n) is 6.21. The lowest BCUT2D eigenvalue weighted by Crippen LogP contribution is -2.64. The van der Waals surface area contributed by atoms with Crippen LogP contribution in [0.15, 0.2) is 0 Å². The third-order valence-electron chi connectivity index (χ3n) is 8.23. The molecule has 36 heavy (non-hydrogen) atoms. The van der Waals surface area contributed by atoms with Gasteiger partial charge in [-0.2, -0.15) is 0 Å². The number of piperazine rings is 1. The average Bonchev–Trinajstić information content (AvgIpc) is 2.80. The minimum atomic E-state index is -0.609. The van der Waals surface area contributed by atoms with Gasteiger partial charge in [0, 0.05) is 50.5 Å². The van der Waals surface area contributed by atoms with E-state index in [-0.39, 0.29) is 29.3 Å². The second kappa shape index (κ2) is 12.1. The molecule has 8 nitrogen and oxygen atoms in total. The molecule has 3 rings (SSSR count). The van der Waals surface area contributed by atoms with Crippen molar-refractivity contribution in [3.63, 3.8) is 0 Å². The van der Waals surface area contributed by atoms with Gasteiger partial charge >= 0.3 is 0 Å². The summed E-state index contributed by atoms with van der Waals surface area (Å²) in [5.74, 6) is 0.285. The van der Waals surface area contributed by atoms with Crippen LogP contribution in [0.5, 0.6) is 0 Å². The van der Waals surface area contributed by atoms with E-state index in [2.05, 4.69) is 65.9 Å². The average molecular weight is 509 g/mol. The highest BCUT2D eigenvalue weighted by molar-refractivity contribution is 5.90. The summed E-state index contributed by atoms with van der Waals surface area (Å²) in [5.41, 5.74) is 0.0164. The molecule has 0 aromatic rings. The molecule has 1 spiro atoms. The molecule has 0 radical (unpaired) electrons. The second-order valence-corrected chi connectivity index (χ2v) is 12.7. The van der Waals surface area contributed by atoms with E-state index >= 15 is 0 Å². The zero-order valence-electron chi connectivity index (χ0n) is 24.1. The van der Waals surface area contributed by atoms with Crippen molar-refractivity contribution in [2.75, 3.05) is 53.5 Å². The van der Waals surface area contributed by atoms with E-state index in [0.717, 1.165) is 25.9 Å². The van der Waals surface area contributed by atoms with Crippen LogP contribution in [0.1, 0.15) is 73.6 Å². The summed E-state index contributed by atoms with van der Waals surface area (Å²) in [5, 5.41) is 3.38. The topological polar surface area (TPSA) is 74.4 Å². The Bertz CT molecular complexity index is 748. The first-order valence-corrected chi connectivity index (χ1v) is 14.2. The summed E-state index contributed by atoms with van der Waals surface area (Å²) in [6.07, 6.45) is 3.83. The van der Waals surface area contributed by atoms with Crippen molar-refractivity contribution in [1.29, 1.82) is 0 Å². The number of hydrogen-bond acceptors (Lipinski definition) is 6. The van der Waals surface area contributed by atoms with E-state index in [9.17, 15) is 9.59 Å². The van der Waals surface area contributed by atoms with Crippen LogP contribution in [-0.2, 0) is 19.1 Å². The van der Waals surface area contributed by atoms with Crippen molar-refractivity contribution in [2.45, 2.75) is 97.6 Å². The van der Waals surface area contributed by atoms with Crippen LogP contribution in [0, 0.1) is 17.3 Å². The summed E-state index contributed by atoms with van der Waals surface area (Å²) in [6, 6.07) is -0.617. The van der Waals surface area contributed by atoms with Gasteiger partial charge in [0.1, 0.15) is 6.04 Å². The third kappa shape index (κ3) is 6.80. The standard InChI is InChI=1S/C28H52N4O4/c1-9-27(17-30(7)8)18-35-28(36-19-27)10-12-31(22(6)16-28)26(34)24(15-21(4)5)32-13-11-29-23(25(32)33)14-20(2)3/h20-24,29H,9-19H2,1-8H3/t22-,23-,24-,27?,28?/m0/s1. The number of amides is 2. The van der Waals surface area contributed by atoms with E-state index in [0.29, 0.717) is 57.4 Å². The van der Waals surface area contributed by atoms with E-state index in [1.807, 2.05) is 9.80 Å². The van der Waals surface area contributed by atoms with E-state index in [4.69, 9.17) is 9.47 Å². The van der Waals surface area contributed by atoms with Gasteiger partial charge < -0.3 is 29.5 Å². The number of likely N-dealkylation sites (tertiary alicyclic amines) is 1. The van der Waals surface area contributed by atoms with Crippen molar-refractivity contribution in [1.82, 2.24) is 20.0 Å². The highest BCUT2D eigenvalue weighted by Gasteiger charge is 2.49. The zero-order valence-corrected chi connectivity index (χ0v) is 24.1. The lowest BCUT2D eigenvalue weighted by Gasteiger charge is -2.52. The number of piperidine rings is 1.